The van der Waals surface area contributed by atoms with Gasteiger partial charge in [-0.05, 0) is 123 Å². The van der Waals surface area contributed by atoms with Crippen molar-refractivity contribution in [3.05, 3.63) is 251 Å². The lowest BCUT2D eigenvalue weighted by Gasteiger charge is -2.44. The number of nitrogens with one attached hydrogen (secondary N) is 1. The van der Waals surface area contributed by atoms with Crippen LogP contribution in [0.1, 0.15) is 59.2 Å². The van der Waals surface area contributed by atoms with Gasteiger partial charge in [0.1, 0.15) is 6.17 Å². The van der Waals surface area contributed by atoms with Gasteiger partial charge in [0, 0.05) is 17.5 Å². The largest absolute Gasteiger partial charge is 0.359 e. The molecule has 1 aliphatic heterocycles. The van der Waals surface area contributed by atoms with Gasteiger partial charge in [0.25, 0.3) is 0 Å². The number of hydrogen-bond donors (Lipinski definition) is 1. The standard InChI is InChI=1S/C57H48N2/c1-4-18-40(19-5-1)45-24-10-12-26-47(45)55-49-28-14-15-29-50(49)56(48-27-13-11-25-46(48)41-20-6-2-7-21-41)52-38-43(36-37-51(52)55)39-32-34-42(35-33-39)57-58-53-30-16-17-31-54(53)59(57)44-22-8-3-9-23-44/h1-20,22-24,27-38,41,46-47,51,55,57-58H,21,25-26H2. The molecule has 2 nitrogen and oxygen atoms in total. The fraction of sp³-hybridized carbons (Fsp3) is 0.158. The Labute approximate surface area is 349 Å². The van der Waals surface area contributed by atoms with Crippen LogP contribution in [0.4, 0.5) is 17.1 Å². The molecule has 5 aromatic carbocycles. The van der Waals surface area contributed by atoms with E-state index in [0.29, 0.717) is 23.7 Å². The Morgan fingerprint density at radius 3 is 2.08 bits per heavy atom. The Hall–Kier alpha value is -6.64. The molecule has 0 amide bonds. The second kappa shape index (κ2) is 15.3. The molecule has 5 aliphatic carbocycles. The van der Waals surface area contributed by atoms with Gasteiger partial charge in [-0.1, -0.05) is 182 Å². The molecule has 1 heterocycles. The summed E-state index contributed by atoms with van der Waals surface area (Å²) in [5.41, 5.74) is 17.3. The van der Waals surface area contributed by atoms with Crippen molar-refractivity contribution < 1.29 is 0 Å². The van der Waals surface area contributed by atoms with Gasteiger partial charge in [-0.2, -0.15) is 0 Å². The lowest BCUT2D eigenvalue weighted by atomic mass is 9.59. The number of para-hydroxylation sites is 3. The van der Waals surface area contributed by atoms with Crippen LogP contribution in [0.2, 0.25) is 0 Å². The normalized spacial score (nSPS) is 25.1. The Morgan fingerprint density at radius 1 is 0.559 bits per heavy atom. The maximum atomic E-state index is 3.83. The average molecular weight is 761 g/mol. The molecule has 59 heavy (non-hydrogen) atoms. The SMILES string of the molecule is C1=CCC(C2CC=CC=C2C2=C3C=C(c4ccc(C5Nc6ccccc6N5c5ccccc5)cc4)C=CC3C(C3CC=CC=C3c3ccccc3)c3ccccc32)C=C1. The third-order valence-electron chi connectivity index (χ3n) is 13.5. The van der Waals surface area contributed by atoms with Crippen molar-refractivity contribution in [3.63, 3.8) is 0 Å². The molecule has 0 radical (unpaired) electrons. The first-order valence-electron chi connectivity index (χ1n) is 21.5. The molecular weight excluding hydrogens is 713 g/mol. The minimum absolute atomic E-state index is 0.00246. The molecule has 2 heteroatoms. The summed E-state index contributed by atoms with van der Waals surface area (Å²) in [5, 5.41) is 3.83. The highest BCUT2D eigenvalue weighted by molar-refractivity contribution is 5.93. The van der Waals surface area contributed by atoms with Gasteiger partial charge in [-0.15, -0.1) is 0 Å². The van der Waals surface area contributed by atoms with E-state index < -0.39 is 0 Å². The fourth-order valence-electron chi connectivity index (χ4n) is 10.8. The molecule has 0 bridgehead atoms. The number of nitrogens with zero attached hydrogens (tertiary/aromatic N) is 1. The van der Waals surface area contributed by atoms with E-state index in [-0.39, 0.29) is 12.1 Å². The van der Waals surface area contributed by atoms with Crippen LogP contribution in [0.5, 0.6) is 0 Å². The second-order valence-corrected chi connectivity index (χ2v) is 16.7. The number of hydrogen-bond acceptors (Lipinski definition) is 2. The monoisotopic (exact) mass is 760 g/mol. The molecule has 0 spiro atoms. The van der Waals surface area contributed by atoms with E-state index in [1.807, 2.05) is 0 Å². The summed E-state index contributed by atoms with van der Waals surface area (Å²) in [4.78, 5) is 2.42. The smallest absolute Gasteiger partial charge is 0.130 e. The summed E-state index contributed by atoms with van der Waals surface area (Å²) in [7, 11) is 0. The zero-order valence-electron chi connectivity index (χ0n) is 33.2. The van der Waals surface area contributed by atoms with Gasteiger partial charge in [-0.3, -0.25) is 0 Å². The Kier molecular flexibility index (Phi) is 9.19. The van der Waals surface area contributed by atoms with Crippen molar-refractivity contribution in [1.82, 2.24) is 0 Å². The van der Waals surface area contributed by atoms with Crippen molar-refractivity contribution >= 4 is 33.8 Å². The first kappa shape index (κ1) is 35.5. The maximum Gasteiger partial charge on any atom is 0.130 e. The number of benzene rings is 5. The average Bonchev–Trinajstić information content (AvgIpc) is 3.71. The van der Waals surface area contributed by atoms with Gasteiger partial charge in [-0.25, -0.2) is 0 Å². The molecule has 6 aliphatic rings. The molecule has 1 N–H and O–H groups in total. The minimum Gasteiger partial charge on any atom is -0.359 e. The first-order chi connectivity index (χ1) is 29.3. The second-order valence-electron chi connectivity index (χ2n) is 16.7. The highest BCUT2D eigenvalue weighted by Gasteiger charge is 2.42. The summed E-state index contributed by atoms with van der Waals surface area (Å²) in [6, 6.07) is 49.2. The van der Waals surface area contributed by atoms with E-state index in [2.05, 4.69) is 223 Å². The quantitative estimate of drug-likeness (QED) is 0.178. The topological polar surface area (TPSA) is 15.3 Å². The van der Waals surface area contributed by atoms with Crippen LogP contribution in [0.3, 0.4) is 0 Å². The van der Waals surface area contributed by atoms with E-state index in [1.165, 1.54) is 67.1 Å². The van der Waals surface area contributed by atoms with Gasteiger partial charge in [0.2, 0.25) is 0 Å². The number of allylic oxidation sites excluding steroid dienone is 18. The molecule has 286 valence electrons. The maximum absolute atomic E-state index is 3.83. The summed E-state index contributed by atoms with van der Waals surface area (Å²) in [5.74, 6) is 1.78. The van der Waals surface area contributed by atoms with Crippen LogP contribution in [0.25, 0.3) is 16.7 Å². The van der Waals surface area contributed by atoms with Crippen LogP contribution in [0, 0.1) is 23.7 Å². The van der Waals surface area contributed by atoms with Gasteiger partial charge < -0.3 is 10.2 Å². The lowest BCUT2D eigenvalue weighted by Crippen LogP contribution is -2.30. The molecule has 5 aromatic rings. The number of anilines is 3. The van der Waals surface area contributed by atoms with Crippen molar-refractivity contribution in [2.75, 3.05) is 10.2 Å². The van der Waals surface area contributed by atoms with Crippen LogP contribution >= 0.6 is 0 Å². The zero-order valence-corrected chi connectivity index (χ0v) is 33.2. The summed E-state index contributed by atoms with van der Waals surface area (Å²) in [6.45, 7) is 0. The summed E-state index contributed by atoms with van der Waals surface area (Å²) >= 11 is 0. The molecule has 6 unspecified atom stereocenters. The highest BCUT2D eigenvalue weighted by atomic mass is 15.3. The van der Waals surface area contributed by atoms with Crippen LogP contribution in [-0.4, -0.2) is 0 Å². The first-order valence-corrected chi connectivity index (χ1v) is 21.5. The van der Waals surface area contributed by atoms with Crippen molar-refractivity contribution in [2.45, 2.75) is 31.3 Å². The van der Waals surface area contributed by atoms with E-state index >= 15 is 0 Å². The number of fused-ring (bicyclic) bond motifs is 3. The van der Waals surface area contributed by atoms with Gasteiger partial charge in [0.05, 0.1) is 11.4 Å². The Balaban J connectivity index is 1.03. The molecule has 6 atom stereocenters. The third kappa shape index (κ3) is 6.35. The minimum atomic E-state index is -0.00246. The Bertz CT molecular complexity index is 2680. The Morgan fingerprint density at radius 2 is 1.27 bits per heavy atom. The van der Waals surface area contributed by atoms with E-state index in [1.54, 1.807) is 0 Å². The van der Waals surface area contributed by atoms with Crippen LogP contribution in [0.15, 0.2) is 224 Å². The van der Waals surface area contributed by atoms with E-state index in [4.69, 9.17) is 0 Å². The molecule has 0 saturated carbocycles. The molecular formula is C57H48N2. The predicted molar refractivity (Wildman–Crippen MR) is 248 cm³/mol. The van der Waals surface area contributed by atoms with Crippen LogP contribution in [-0.2, 0) is 0 Å². The van der Waals surface area contributed by atoms with Crippen molar-refractivity contribution in [3.8, 4) is 0 Å². The fourth-order valence-corrected chi connectivity index (χ4v) is 10.8. The highest BCUT2D eigenvalue weighted by Crippen LogP contribution is 2.57. The van der Waals surface area contributed by atoms with Crippen LogP contribution < -0.4 is 10.2 Å². The molecule has 0 saturated heterocycles. The van der Waals surface area contributed by atoms with Gasteiger partial charge >= 0.3 is 0 Å². The zero-order chi connectivity index (χ0) is 39.1. The third-order valence-corrected chi connectivity index (χ3v) is 13.5. The van der Waals surface area contributed by atoms with Crippen molar-refractivity contribution in [1.29, 1.82) is 0 Å². The summed E-state index contributed by atoms with van der Waals surface area (Å²) in [6.07, 6.45) is 34.1. The molecule has 0 fully saturated rings. The molecule has 11 rings (SSSR count). The predicted octanol–water partition coefficient (Wildman–Crippen LogP) is 14.4. The summed E-state index contributed by atoms with van der Waals surface area (Å²) < 4.78 is 0. The van der Waals surface area contributed by atoms with Crippen molar-refractivity contribution in [2.24, 2.45) is 23.7 Å². The lowest BCUT2D eigenvalue weighted by molar-refractivity contribution is 0.442. The van der Waals surface area contributed by atoms with E-state index in [0.717, 1.165) is 24.9 Å². The van der Waals surface area contributed by atoms with Gasteiger partial charge in [0.15, 0.2) is 0 Å². The molecule has 0 aromatic heterocycles. The number of rotatable bonds is 7. The van der Waals surface area contributed by atoms with E-state index in [9.17, 15) is 0 Å².